The van der Waals surface area contributed by atoms with Crippen molar-refractivity contribution in [2.45, 2.75) is 25.4 Å². The second-order valence-electron chi connectivity index (χ2n) is 4.17. The highest BCUT2D eigenvalue weighted by atomic mass is 35.5. The fraction of sp³-hybridized carbons (Fsp3) is 0.333. The topological polar surface area (TPSA) is 51.0 Å². The molecule has 1 aliphatic carbocycles. The summed E-state index contributed by atoms with van der Waals surface area (Å²) in [6.07, 6.45) is 2.50. The summed E-state index contributed by atoms with van der Waals surface area (Å²) in [6, 6.07) is 8.03. The monoisotopic (exact) mass is 249 g/mol. The molecule has 3 rings (SSSR count). The molecule has 0 spiro atoms. The third-order valence-corrected chi connectivity index (χ3v) is 2.94. The summed E-state index contributed by atoms with van der Waals surface area (Å²) in [7, 11) is 0. The molecule has 1 fully saturated rings. The summed E-state index contributed by atoms with van der Waals surface area (Å²) < 4.78 is 5.17. The van der Waals surface area contributed by atoms with Gasteiger partial charge >= 0.3 is 0 Å². The number of aromatic nitrogens is 2. The van der Waals surface area contributed by atoms with Gasteiger partial charge in [-0.3, -0.25) is 0 Å². The van der Waals surface area contributed by atoms with E-state index in [1.54, 1.807) is 0 Å². The van der Waals surface area contributed by atoms with E-state index in [0.717, 1.165) is 5.56 Å². The highest BCUT2D eigenvalue weighted by Crippen LogP contribution is 2.20. The Morgan fingerprint density at radius 3 is 2.76 bits per heavy atom. The second kappa shape index (κ2) is 4.47. The van der Waals surface area contributed by atoms with Gasteiger partial charge in [-0.1, -0.05) is 16.8 Å². The molecule has 0 saturated heterocycles. The Hall–Kier alpha value is -1.39. The highest BCUT2D eigenvalue weighted by Gasteiger charge is 2.21. The minimum Gasteiger partial charge on any atom is -0.338 e. The lowest BCUT2D eigenvalue weighted by molar-refractivity contribution is 0.367. The van der Waals surface area contributed by atoms with Crippen LogP contribution >= 0.6 is 11.6 Å². The third-order valence-electron chi connectivity index (χ3n) is 2.69. The first-order valence-electron chi connectivity index (χ1n) is 5.63. The van der Waals surface area contributed by atoms with Gasteiger partial charge in [-0.15, -0.1) is 0 Å². The van der Waals surface area contributed by atoms with E-state index >= 15 is 0 Å². The van der Waals surface area contributed by atoms with Crippen LogP contribution in [-0.2, 0) is 6.54 Å². The van der Waals surface area contributed by atoms with Crippen molar-refractivity contribution >= 4 is 11.6 Å². The average molecular weight is 250 g/mol. The van der Waals surface area contributed by atoms with Gasteiger partial charge in [0.2, 0.25) is 11.7 Å². The summed E-state index contributed by atoms with van der Waals surface area (Å²) in [5.41, 5.74) is 0.913. The van der Waals surface area contributed by atoms with Crippen LogP contribution in [0.4, 0.5) is 0 Å². The molecule has 88 valence electrons. The van der Waals surface area contributed by atoms with Crippen molar-refractivity contribution in [3.63, 3.8) is 0 Å². The van der Waals surface area contributed by atoms with E-state index in [9.17, 15) is 0 Å². The molecule has 1 saturated carbocycles. The summed E-state index contributed by atoms with van der Waals surface area (Å²) in [5.74, 6) is 1.23. The summed E-state index contributed by atoms with van der Waals surface area (Å²) in [6.45, 7) is 0.644. The standard InChI is InChI=1S/C12H12ClN3O/c13-9-3-1-8(2-4-9)12-15-11(17-16-12)7-14-10-5-6-10/h1-4,10,14H,5-7H2. The van der Waals surface area contributed by atoms with Gasteiger partial charge in [0.25, 0.3) is 0 Å². The van der Waals surface area contributed by atoms with Crippen LogP contribution in [0.2, 0.25) is 5.02 Å². The van der Waals surface area contributed by atoms with Crippen molar-refractivity contribution < 1.29 is 4.52 Å². The molecule has 5 heteroatoms. The predicted octanol–water partition coefficient (Wildman–Crippen LogP) is 2.64. The van der Waals surface area contributed by atoms with Crippen molar-refractivity contribution in [1.29, 1.82) is 0 Å². The zero-order chi connectivity index (χ0) is 11.7. The van der Waals surface area contributed by atoms with Gasteiger partial charge in [0, 0.05) is 16.6 Å². The van der Waals surface area contributed by atoms with E-state index in [1.165, 1.54) is 12.8 Å². The van der Waals surface area contributed by atoms with Crippen LogP contribution in [0.15, 0.2) is 28.8 Å². The van der Waals surface area contributed by atoms with Gasteiger partial charge in [-0.05, 0) is 37.1 Å². The van der Waals surface area contributed by atoms with Gasteiger partial charge in [0.1, 0.15) is 0 Å². The highest BCUT2D eigenvalue weighted by molar-refractivity contribution is 6.30. The Labute approximate surface area is 104 Å². The van der Waals surface area contributed by atoms with Crippen LogP contribution in [0.5, 0.6) is 0 Å². The first kappa shape index (κ1) is 10.7. The van der Waals surface area contributed by atoms with E-state index in [2.05, 4.69) is 15.5 Å². The quantitative estimate of drug-likeness (QED) is 0.905. The molecule has 1 aliphatic rings. The van der Waals surface area contributed by atoms with E-state index in [4.69, 9.17) is 16.1 Å². The van der Waals surface area contributed by atoms with E-state index in [1.807, 2.05) is 24.3 Å². The first-order chi connectivity index (χ1) is 8.31. The normalized spacial score (nSPS) is 15.1. The third kappa shape index (κ3) is 2.65. The Balaban J connectivity index is 1.72. The van der Waals surface area contributed by atoms with Crippen LogP contribution < -0.4 is 5.32 Å². The maximum absolute atomic E-state index is 5.82. The van der Waals surface area contributed by atoms with E-state index in [-0.39, 0.29) is 0 Å². The molecule has 0 bridgehead atoms. The van der Waals surface area contributed by atoms with Gasteiger partial charge in [0.05, 0.1) is 6.54 Å². The van der Waals surface area contributed by atoms with Gasteiger partial charge < -0.3 is 9.84 Å². The lowest BCUT2D eigenvalue weighted by Gasteiger charge is -1.95. The molecule has 17 heavy (non-hydrogen) atoms. The van der Waals surface area contributed by atoms with Crippen LogP contribution in [0.3, 0.4) is 0 Å². The first-order valence-corrected chi connectivity index (χ1v) is 6.01. The average Bonchev–Trinajstić information content (AvgIpc) is 3.06. The number of hydrogen-bond acceptors (Lipinski definition) is 4. The molecular formula is C12H12ClN3O. The number of hydrogen-bond donors (Lipinski definition) is 1. The number of rotatable bonds is 4. The molecule has 0 aliphatic heterocycles. The summed E-state index contributed by atoms with van der Waals surface area (Å²) in [5, 5.41) is 7.98. The molecule has 1 N–H and O–H groups in total. The number of halogens is 1. The van der Waals surface area contributed by atoms with Gasteiger partial charge in [-0.25, -0.2) is 0 Å². The summed E-state index contributed by atoms with van der Waals surface area (Å²) >= 11 is 5.82. The number of nitrogens with zero attached hydrogens (tertiary/aromatic N) is 2. The molecule has 1 aromatic carbocycles. The minimum atomic E-state index is 0.606. The number of nitrogens with one attached hydrogen (secondary N) is 1. The predicted molar refractivity (Wildman–Crippen MR) is 64.6 cm³/mol. The smallest absolute Gasteiger partial charge is 0.240 e. The Kier molecular flexibility index (Phi) is 2.82. The maximum Gasteiger partial charge on any atom is 0.240 e. The van der Waals surface area contributed by atoms with E-state index < -0.39 is 0 Å². The van der Waals surface area contributed by atoms with Crippen molar-refractivity contribution in [1.82, 2.24) is 15.5 Å². The van der Waals surface area contributed by atoms with Crippen molar-refractivity contribution in [2.24, 2.45) is 0 Å². The molecule has 0 unspecified atom stereocenters. The Morgan fingerprint density at radius 1 is 1.29 bits per heavy atom. The molecule has 2 aromatic rings. The van der Waals surface area contributed by atoms with Gasteiger partial charge in [-0.2, -0.15) is 4.98 Å². The van der Waals surface area contributed by atoms with E-state index in [0.29, 0.717) is 29.3 Å². The Bertz CT molecular complexity index is 505. The molecular weight excluding hydrogens is 238 g/mol. The van der Waals surface area contributed by atoms with Gasteiger partial charge in [0.15, 0.2) is 0 Å². The fourth-order valence-electron chi connectivity index (χ4n) is 1.56. The Morgan fingerprint density at radius 2 is 2.06 bits per heavy atom. The minimum absolute atomic E-state index is 0.606. The second-order valence-corrected chi connectivity index (χ2v) is 4.61. The lowest BCUT2D eigenvalue weighted by Crippen LogP contribution is -2.15. The zero-order valence-corrected chi connectivity index (χ0v) is 9.94. The maximum atomic E-state index is 5.82. The molecule has 1 heterocycles. The molecule has 0 atom stereocenters. The fourth-order valence-corrected chi connectivity index (χ4v) is 1.69. The molecule has 0 radical (unpaired) electrons. The van der Waals surface area contributed by atoms with Crippen LogP contribution in [0, 0.1) is 0 Å². The molecule has 0 amide bonds. The SMILES string of the molecule is Clc1ccc(-c2noc(CNC3CC3)n2)cc1. The molecule has 1 aromatic heterocycles. The van der Waals surface area contributed by atoms with Crippen LogP contribution in [-0.4, -0.2) is 16.2 Å². The zero-order valence-electron chi connectivity index (χ0n) is 9.19. The number of benzene rings is 1. The van der Waals surface area contributed by atoms with Crippen molar-refractivity contribution in [2.75, 3.05) is 0 Å². The molecule has 4 nitrogen and oxygen atoms in total. The van der Waals surface area contributed by atoms with Crippen molar-refractivity contribution in [3.8, 4) is 11.4 Å². The van der Waals surface area contributed by atoms with Crippen molar-refractivity contribution in [3.05, 3.63) is 35.2 Å². The largest absolute Gasteiger partial charge is 0.338 e. The van der Waals surface area contributed by atoms with Crippen LogP contribution in [0.1, 0.15) is 18.7 Å². The lowest BCUT2D eigenvalue weighted by atomic mass is 10.2. The van der Waals surface area contributed by atoms with Crippen LogP contribution in [0.25, 0.3) is 11.4 Å². The summed E-state index contributed by atoms with van der Waals surface area (Å²) in [4.78, 5) is 4.33.